The molecule has 1 aliphatic rings. The summed E-state index contributed by atoms with van der Waals surface area (Å²) in [7, 11) is 1.61. The van der Waals surface area contributed by atoms with Crippen LogP contribution in [0.4, 0.5) is 5.00 Å². The van der Waals surface area contributed by atoms with Gasteiger partial charge < -0.3 is 14.8 Å². The number of hydrogen-bond donors (Lipinski definition) is 1. The third kappa shape index (κ3) is 4.02. The van der Waals surface area contributed by atoms with E-state index in [-0.39, 0.29) is 18.4 Å². The van der Waals surface area contributed by atoms with Crippen molar-refractivity contribution in [2.24, 2.45) is 5.92 Å². The molecule has 0 bridgehead atoms. The van der Waals surface area contributed by atoms with E-state index in [0.29, 0.717) is 10.6 Å². The molecule has 5 nitrogen and oxygen atoms in total. The summed E-state index contributed by atoms with van der Waals surface area (Å²) in [4.78, 5) is 25.6. The molecule has 1 saturated carbocycles. The van der Waals surface area contributed by atoms with Gasteiger partial charge in [-0.3, -0.25) is 4.79 Å². The number of methoxy groups -OCH3 is 1. The molecule has 0 saturated heterocycles. The first kappa shape index (κ1) is 17.5. The van der Waals surface area contributed by atoms with Gasteiger partial charge in [0.25, 0.3) is 0 Å². The first-order valence-corrected chi connectivity index (χ1v) is 9.02. The van der Waals surface area contributed by atoms with Crippen LogP contribution < -0.4 is 10.1 Å². The Morgan fingerprint density at radius 1 is 1.20 bits per heavy atom. The predicted molar refractivity (Wildman–Crippen MR) is 97.3 cm³/mol. The molecule has 0 radical (unpaired) electrons. The monoisotopic (exact) mass is 359 g/mol. The van der Waals surface area contributed by atoms with Crippen LogP contribution >= 0.6 is 11.3 Å². The Morgan fingerprint density at radius 3 is 2.48 bits per heavy atom. The molecule has 3 rings (SSSR count). The Hall–Kier alpha value is -2.34. The number of carbonyl (C=O) groups is 2. The van der Waals surface area contributed by atoms with Crippen molar-refractivity contribution in [1.29, 1.82) is 0 Å². The van der Waals surface area contributed by atoms with Crippen molar-refractivity contribution < 1.29 is 19.1 Å². The molecule has 1 aromatic carbocycles. The Bertz CT molecular complexity index is 791. The van der Waals surface area contributed by atoms with Crippen LogP contribution in [0.15, 0.2) is 24.3 Å². The number of benzene rings is 1. The molecule has 0 aliphatic heterocycles. The Labute approximate surface area is 151 Å². The first-order chi connectivity index (χ1) is 12.0. The minimum Gasteiger partial charge on any atom is -0.497 e. The third-order valence-electron chi connectivity index (χ3n) is 4.30. The zero-order valence-electron chi connectivity index (χ0n) is 14.5. The minimum absolute atomic E-state index is 0.00884. The van der Waals surface area contributed by atoms with Gasteiger partial charge in [0.05, 0.1) is 12.7 Å². The number of rotatable bonds is 6. The molecular formula is C19H21NO4S. The highest BCUT2D eigenvalue weighted by molar-refractivity contribution is 7.16. The molecule has 132 valence electrons. The van der Waals surface area contributed by atoms with E-state index in [0.717, 1.165) is 34.6 Å². The van der Waals surface area contributed by atoms with E-state index in [1.54, 1.807) is 7.11 Å². The molecular weight excluding hydrogens is 338 g/mol. The van der Waals surface area contributed by atoms with E-state index < -0.39 is 5.97 Å². The molecule has 1 amide bonds. The number of amides is 1. The van der Waals surface area contributed by atoms with Gasteiger partial charge >= 0.3 is 5.97 Å². The molecule has 6 heteroatoms. The summed E-state index contributed by atoms with van der Waals surface area (Å²) in [5.74, 6) is 0.421. The van der Waals surface area contributed by atoms with Crippen LogP contribution in [0.25, 0.3) is 0 Å². The molecule has 1 fully saturated rings. The molecule has 2 aromatic rings. The molecule has 0 unspecified atom stereocenters. The Kier molecular flexibility index (Phi) is 5.08. The fourth-order valence-electron chi connectivity index (χ4n) is 2.46. The van der Waals surface area contributed by atoms with Gasteiger partial charge in [0, 0.05) is 10.8 Å². The summed E-state index contributed by atoms with van der Waals surface area (Å²) in [6.45, 7) is 3.99. The van der Waals surface area contributed by atoms with Crippen molar-refractivity contribution in [3.8, 4) is 5.75 Å². The van der Waals surface area contributed by atoms with Crippen molar-refractivity contribution in [1.82, 2.24) is 0 Å². The maximum atomic E-state index is 12.6. The summed E-state index contributed by atoms with van der Waals surface area (Å²) in [5, 5.41) is 3.48. The van der Waals surface area contributed by atoms with E-state index >= 15 is 0 Å². The van der Waals surface area contributed by atoms with Crippen molar-refractivity contribution in [3.63, 3.8) is 0 Å². The highest BCUT2D eigenvalue weighted by atomic mass is 32.1. The molecule has 0 spiro atoms. The van der Waals surface area contributed by atoms with E-state index in [1.165, 1.54) is 11.3 Å². The average Bonchev–Trinajstić information content (AvgIpc) is 3.41. The highest BCUT2D eigenvalue weighted by Crippen LogP contribution is 2.36. The van der Waals surface area contributed by atoms with Crippen LogP contribution in [0, 0.1) is 19.8 Å². The number of aryl methyl sites for hydroxylation is 1. The lowest BCUT2D eigenvalue weighted by Gasteiger charge is -2.09. The number of nitrogens with one attached hydrogen (secondary N) is 1. The number of thiophene rings is 1. The second-order valence-corrected chi connectivity index (χ2v) is 7.40. The van der Waals surface area contributed by atoms with E-state index in [1.807, 2.05) is 38.1 Å². The lowest BCUT2D eigenvalue weighted by Crippen LogP contribution is -2.16. The summed E-state index contributed by atoms with van der Waals surface area (Å²) < 4.78 is 10.6. The molecule has 25 heavy (non-hydrogen) atoms. The minimum atomic E-state index is -0.413. The van der Waals surface area contributed by atoms with E-state index in [9.17, 15) is 9.59 Å². The lowest BCUT2D eigenvalue weighted by molar-refractivity contribution is -0.117. The molecule has 1 N–H and O–H groups in total. The van der Waals surface area contributed by atoms with Crippen LogP contribution in [0.5, 0.6) is 5.75 Å². The van der Waals surface area contributed by atoms with Gasteiger partial charge in [0.2, 0.25) is 5.91 Å². The van der Waals surface area contributed by atoms with Crippen LogP contribution in [-0.2, 0) is 16.1 Å². The zero-order chi connectivity index (χ0) is 18.0. The van der Waals surface area contributed by atoms with E-state index in [2.05, 4.69) is 5.32 Å². The Balaban J connectivity index is 1.70. The largest absolute Gasteiger partial charge is 0.497 e. The van der Waals surface area contributed by atoms with Crippen LogP contribution in [-0.4, -0.2) is 19.0 Å². The number of carbonyl (C=O) groups excluding carboxylic acids is 2. The predicted octanol–water partition coefficient (Wildman–Crippen LogP) is 4.08. The maximum Gasteiger partial charge on any atom is 0.341 e. The van der Waals surface area contributed by atoms with Gasteiger partial charge in [-0.05, 0) is 49.9 Å². The Morgan fingerprint density at radius 2 is 1.88 bits per heavy atom. The highest BCUT2D eigenvalue weighted by Gasteiger charge is 2.31. The quantitative estimate of drug-likeness (QED) is 0.790. The van der Waals surface area contributed by atoms with Crippen molar-refractivity contribution in [3.05, 3.63) is 45.8 Å². The number of esters is 1. The third-order valence-corrected chi connectivity index (χ3v) is 5.43. The standard InChI is InChI=1S/C19H21NO4S/c1-11-12(2)25-18(20-17(21)14-6-7-14)16(11)19(22)24-10-13-4-8-15(23-3)9-5-13/h4-5,8-9,14H,6-7,10H2,1-3H3,(H,20,21). The normalized spacial score (nSPS) is 13.4. The van der Waals surface area contributed by atoms with Gasteiger partial charge in [0.1, 0.15) is 17.4 Å². The smallest absolute Gasteiger partial charge is 0.341 e. The first-order valence-electron chi connectivity index (χ1n) is 8.20. The second kappa shape index (κ2) is 7.27. The molecule has 0 atom stereocenters. The fourth-order valence-corrected chi connectivity index (χ4v) is 3.51. The summed E-state index contributed by atoms with van der Waals surface area (Å²) in [6.07, 6.45) is 1.85. The lowest BCUT2D eigenvalue weighted by atomic mass is 10.1. The van der Waals surface area contributed by atoms with Crippen molar-refractivity contribution >= 4 is 28.2 Å². The van der Waals surface area contributed by atoms with Crippen molar-refractivity contribution in [2.75, 3.05) is 12.4 Å². The maximum absolute atomic E-state index is 12.6. The van der Waals surface area contributed by atoms with Crippen LogP contribution in [0.3, 0.4) is 0 Å². The SMILES string of the molecule is COc1ccc(COC(=O)c2c(NC(=O)C3CC3)sc(C)c2C)cc1. The summed E-state index contributed by atoms with van der Waals surface area (Å²) >= 11 is 1.42. The van der Waals surface area contributed by atoms with Gasteiger partial charge in [0.15, 0.2) is 0 Å². The average molecular weight is 359 g/mol. The summed E-state index contributed by atoms with van der Waals surface area (Å²) in [5.41, 5.74) is 2.20. The fraction of sp³-hybridized carbons (Fsp3) is 0.368. The summed E-state index contributed by atoms with van der Waals surface area (Å²) in [6, 6.07) is 7.36. The van der Waals surface area contributed by atoms with Crippen LogP contribution in [0.2, 0.25) is 0 Å². The molecule has 1 aromatic heterocycles. The van der Waals surface area contributed by atoms with Gasteiger partial charge in [-0.1, -0.05) is 12.1 Å². The van der Waals surface area contributed by atoms with Gasteiger partial charge in [-0.15, -0.1) is 11.3 Å². The van der Waals surface area contributed by atoms with Gasteiger partial charge in [-0.25, -0.2) is 4.79 Å². The number of ether oxygens (including phenoxy) is 2. The topological polar surface area (TPSA) is 64.6 Å². The van der Waals surface area contributed by atoms with Crippen LogP contribution in [0.1, 0.15) is 39.2 Å². The number of hydrogen-bond acceptors (Lipinski definition) is 5. The molecule has 1 heterocycles. The van der Waals surface area contributed by atoms with Gasteiger partial charge in [-0.2, -0.15) is 0 Å². The van der Waals surface area contributed by atoms with Crippen molar-refractivity contribution in [2.45, 2.75) is 33.3 Å². The zero-order valence-corrected chi connectivity index (χ0v) is 15.4. The second-order valence-electron chi connectivity index (χ2n) is 6.18. The molecule has 1 aliphatic carbocycles. The number of anilines is 1. The van der Waals surface area contributed by atoms with E-state index in [4.69, 9.17) is 9.47 Å².